The third-order valence-corrected chi connectivity index (χ3v) is 4.54. The Labute approximate surface area is 150 Å². The van der Waals surface area contributed by atoms with E-state index >= 15 is 0 Å². The second-order valence-corrected chi connectivity index (χ2v) is 6.41. The minimum atomic E-state index is -0.417. The van der Waals surface area contributed by atoms with Crippen molar-refractivity contribution in [1.82, 2.24) is 14.8 Å². The van der Waals surface area contributed by atoms with Gasteiger partial charge in [-0.3, -0.25) is 24.3 Å². The largest absolute Gasteiger partial charge is 0.487 e. The molecular weight excluding hydrogens is 334 g/mol. The molecule has 0 aliphatic carbocycles. The molecule has 0 radical (unpaired) electrons. The molecule has 1 aromatic heterocycles. The number of rotatable bonds is 4. The first-order valence-corrected chi connectivity index (χ1v) is 8.35. The normalized spacial score (nSPS) is 16.5. The Bertz CT molecular complexity index is 870. The Morgan fingerprint density at radius 3 is 2.42 bits per heavy atom. The second-order valence-electron chi connectivity index (χ2n) is 6.41. The number of hydrogen-bond donors (Lipinski definition) is 0. The summed E-state index contributed by atoms with van der Waals surface area (Å²) in [5.74, 6) is -0.376. The van der Waals surface area contributed by atoms with Gasteiger partial charge < -0.3 is 9.64 Å². The number of aromatic nitrogens is 1. The van der Waals surface area contributed by atoms with Crippen molar-refractivity contribution in [3.63, 3.8) is 0 Å². The van der Waals surface area contributed by atoms with E-state index in [9.17, 15) is 14.4 Å². The molecule has 0 saturated carbocycles. The van der Waals surface area contributed by atoms with Crippen LogP contribution in [0.3, 0.4) is 0 Å². The van der Waals surface area contributed by atoms with Crippen molar-refractivity contribution in [1.29, 1.82) is 0 Å². The first-order chi connectivity index (χ1) is 12.5. The van der Waals surface area contributed by atoms with Gasteiger partial charge in [0, 0.05) is 18.0 Å². The number of pyridine rings is 1. The highest BCUT2D eigenvalue weighted by Crippen LogP contribution is 2.23. The molecule has 26 heavy (non-hydrogen) atoms. The summed E-state index contributed by atoms with van der Waals surface area (Å²) in [5, 5.41) is 0. The van der Waals surface area contributed by atoms with Crippen molar-refractivity contribution in [2.45, 2.75) is 13.0 Å². The van der Waals surface area contributed by atoms with Crippen LogP contribution in [0, 0.1) is 6.92 Å². The average molecular weight is 351 g/mol. The van der Waals surface area contributed by atoms with Crippen LogP contribution in [-0.4, -0.2) is 58.2 Å². The maximum absolute atomic E-state index is 12.4. The van der Waals surface area contributed by atoms with Crippen LogP contribution >= 0.6 is 0 Å². The van der Waals surface area contributed by atoms with E-state index in [1.807, 2.05) is 13.0 Å². The molecule has 2 aromatic rings. The number of carbonyl (C=O) groups excluding carboxylic acids is 3. The first kappa shape index (κ1) is 16.3. The van der Waals surface area contributed by atoms with Crippen LogP contribution in [0.15, 0.2) is 42.6 Å². The number of fused-ring (bicyclic) bond motifs is 1. The molecule has 0 atom stereocenters. The molecule has 3 heterocycles. The fraction of sp³-hybridized carbons (Fsp3) is 0.263. The number of amides is 3. The van der Waals surface area contributed by atoms with E-state index in [0.29, 0.717) is 24.2 Å². The zero-order valence-electron chi connectivity index (χ0n) is 14.2. The summed E-state index contributed by atoms with van der Waals surface area (Å²) < 4.78 is 5.79. The Hall–Kier alpha value is -3.22. The van der Waals surface area contributed by atoms with Crippen molar-refractivity contribution in [3.8, 4) is 5.75 Å². The molecule has 2 aliphatic heterocycles. The highest BCUT2D eigenvalue weighted by Gasteiger charge is 2.39. The average Bonchev–Trinajstić information content (AvgIpc) is 2.83. The van der Waals surface area contributed by atoms with Crippen LogP contribution < -0.4 is 4.74 Å². The minimum Gasteiger partial charge on any atom is -0.487 e. The van der Waals surface area contributed by atoms with Crippen molar-refractivity contribution in [3.05, 3.63) is 59.4 Å². The van der Waals surface area contributed by atoms with Crippen LogP contribution in [0.1, 0.15) is 26.4 Å². The molecule has 0 unspecified atom stereocenters. The van der Waals surface area contributed by atoms with Gasteiger partial charge in [-0.2, -0.15) is 0 Å². The van der Waals surface area contributed by atoms with Gasteiger partial charge in [-0.1, -0.05) is 12.1 Å². The van der Waals surface area contributed by atoms with E-state index < -0.39 is 11.8 Å². The van der Waals surface area contributed by atoms with E-state index in [2.05, 4.69) is 4.98 Å². The van der Waals surface area contributed by atoms with E-state index in [1.54, 1.807) is 41.4 Å². The number of nitrogens with zero attached hydrogens (tertiary/aromatic N) is 3. The van der Waals surface area contributed by atoms with Crippen molar-refractivity contribution < 1.29 is 19.1 Å². The Kier molecular flexibility index (Phi) is 3.91. The summed E-state index contributed by atoms with van der Waals surface area (Å²) in [7, 11) is 0. The Balaban J connectivity index is 1.33. The highest BCUT2D eigenvalue weighted by molar-refractivity contribution is 6.22. The number of ether oxygens (including phenoxy) is 1. The molecular formula is C19H17N3O4. The van der Waals surface area contributed by atoms with Crippen LogP contribution in [0.2, 0.25) is 0 Å². The standard InChI is InChI=1S/C19H17N3O4/c1-12-8-13(6-7-20-12)26-14-9-21(10-14)17(23)11-22-18(24)15-4-2-3-5-16(15)19(22)25/h2-8,14H,9-11H2,1H3. The molecule has 0 spiro atoms. The number of likely N-dealkylation sites (tertiary alicyclic amines) is 1. The van der Waals surface area contributed by atoms with Gasteiger partial charge in [-0.05, 0) is 25.1 Å². The molecule has 7 nitrogen and oxygen atoms in total. The first-order valence-electron chi connectivity index (χ1n) is 8.35. The van der Waals surface area contributed by atoms with Gasteiger partial charge in [-0.25, -0.2) is 0 Å². The van der Waals surface area contributed by atoms with Crippen LogP contribution in [0.5, 0.6) is 5.75 Å². The predicted octanol–water partition coefficient (Wildman–Crippen LogP) is 1.28. The molecule has 2 aliphatic rings. The predicted molar refractivity (Wildman–Crippen MR) is 91.8 cm³/mol. The fourth-order valence-corrected chi connectivity index (χ4v) is 3.12. The van der Waals surface area contributed by atoms with Crippen LogP contribution in [0.25, 0.3) is 0 Å². The smallest absolute Gasteiger partial charge is 0.262 e. The highest BCUT2D eigenvalue weighted by atomic mass is 16.5. The third-order valence-electron chi connectivity index (χ3n) is 4.54. The monoisotopic (exact) mass is 351 g/mol. The summed E-state index contributed by atoms with van der Waals surface area (Å²) in [6.07, 6.45) is 1.58. The molecule has 4 rings (SSSR count). The van der Waals surface area contributed by atoms with Gasteiger partial charge >= 0.3 is 0 Å². The van der Waals surface area contributed by atoms with Crippen LogP contribution in [0.4, 0.5) is 0 Å². The van der Waals surface area contributed by atoms with E-state index in [1.165, 1.54) is 0 Å². The number of carbonyl (C=O) groups is 3. The summed E-state index contributed by atoms with van der Waals surface area (Å²) in [6.45, 7) is 2.51. The minimum absolute atomic E-state index is 0.0945. The van der Waals surface area contributed by atoms with E-state index in [-0.39, 0.29) is 18.6 Å². The molecule has 1 saturated heterocycles. The van der Waals surface area contributed by atoms with E-state index in [0.717, 1.165) is 16.3 Å². The van der Waals surface area contributed by atoms with Crippen molar-refractivity contribution >= 4 is 17.7 Å². The lowest BCUT2D eigenvalue weighted by Crippen LogP contribution is -2.58. The summed E-state index contributed by atoms with van der Waals surface area (Å²) in [6, 6.07) is 10.2. The maximum Gasteiger partial charge on any atom is 0.262 e. The topological polar surface area (TPSA) is 79.8 Å². The molecule has 1 aromatic carbocycles. The van der Waals surface area contributed by atoms with Gasteiger partial charge in [-0.15, -0.1) is 0 Å². The van der Waals surface area contributed by atoms with Gasteiger partial charge in [0.05, 0.1) is 24.2 Å². The lowest BCUT2D eigenvalue weighted by Gasteiger charge is -2.39. The summed E-state index contributed by atoms with van der Waals surface area (Å²) in [4.78, 5) is 43.7. The number of benzene rings is 1. The van der Waals surface area contributed by atoms with Crippen molar-refractivity contribution in [2.75, 3.05) is 19.6 Å². The summed E-state index contributed by atoms with van der Waals surface area (Å²) in [5.41, 5.74) is 1.56. The lowest BCUT2D eigenvalue weighted by atomic mass is 10.1. The molecule has 0 N–H and O–H groups in total. The lowest BCUT2D eigenvalue weighted by molar-refractivity contribution is -0.140. The maximum atomic E-state index is 12.4. The quantitative estimate of drug-likeness (QED) is 0.775. The van der Waals surface area contributed by atoms with Crippen LogP contribution in [-0.2, 0) is 4.79 Å². The molecule has 7 heteroatoms. The Morgan fingerprint density at radius 2 is 1.81 bits per heavy atom. The Morgan fingerprint density at radius 1 is 1.15 bits per heavy atom. The third kappa shape index (κ3) is 2.81. The van der Waals surface area contributed by atoms with Gasteiger partial charge in [0.2, 0.25) is 5.91 Å². The van der Waals surface area contributed by atoms with Crippen molar-refractivity contribution in [2.24, 2.45) is 0 Å². The molecule has 0 bridgehead atoms. The molecule has 1 fully saturated rings. The zero-order valence-corrected chi connectivity index (χ0v) is 14.2. The van der Waals surface area contributed by atoms with Gasteiger partial charge in [0.15, 0.2) is 0 Å². The molecule has 132 valence electrons. The van der Waals surface area contributed by atoms with E-state index in [4.69, 9.17) is 4.74 Å². The van der Waals surface area contributed by atoms with Gasteiger partial charge in [0.25, 0.3) is 11.8 Å². The zero-order chi connectivity index (χ0) is 18.3. The summed E-state index contributed by atoms with van der Waals surface area (Å²) >= 11 is 0. The fourth-order valence-electron chi connectivity index (χ4n) is 3.12. The number of aryl methyl sites for hydroxylation is 1. The number of imide groups is 1. The molecule has 3 amide bonds. The SMILES string of the molecule is Cc1cc(OC2CN(C(=O)CN3C(=O)c4ccccc4C3=O)C2)ccn1. The van der Waals surface area contributed by atoms with Gasteiger partial charge in [0.1, 0.15) is 18.4 Å². The number of hydrogen-bond acceptors (Lipinski definition) is 5. The second kappa shape index (κ2) is 6.25.